The molecule has 1 aromatic heterocycles. The molecule has 0 unspecified atom stereocenters. The number of nitrogens with one attached hydrogen (secondary N) is 2. The lowest BCUT2D eigenvalue weighted by Crippen LogP contribution is -2.34. The van der Waals surface area contributed by atoms with E-state index in [0.29, 0.717) is 17.9 Å². The number of nitrogens with zero attached hydrogens (tertiary/aromatic N) is 3. The summed E-state index contributed by atoms with van der Waals surface area (Å²) in [5.41, 5.74) is 3.03. The molecule has 0 atom stereocenters. The maximum Gasteiger partial charge on any atom is 0.251 e. The predicted octanol–water partition coefficient (Wildman–Crippen LogP) is 5.83. The van der Waals surface area contributed by atoms with Gasteiger partial charge in [-0.15, -0.1) is 0 Å². The third-order valence-electron chi connectivity index (χ3n) is 7.02. The molecule has 35 heavy (non-hydrogen) atoms. The molecule has 0 saturated heterocycles. The average molecular weight is 474 g/mol. The van der Waals surface area contributed by atoms with Crippen LogP contribution in [0, 0.1) is 5.92 Å². The van der Waals surface area contributed by atoms with E-state index in [0.717, 1.165) is 60.9 Å². The molecule has 2 aromatic carbocycles. The highest BCUT2D eigenvalue weighted by Crippen LogP contribution is 2.28. The second kappa shape index (κ2) is 12.0. The van der Waals surface area contributed by atoms with Crippen molar-refractivity contribution in [3.63, 3.8) is 0 Å². The van der Waals surface area contributed by atoms with Gasteiger partial charge in [-0.25, -0.2) is 4.98 Å². The van der Waals surface area contributed by atoms with Crippen LogP contribution in [0.2, 0.25) is 0 Å². The average Bonchev–Trinajstić information content (AvgIpc) is 2.88. The molecule has 2 N–H and O–H groups in total. The van der Waals surface area contributed by atoms with E-state index in [2.05, 4.69) is 35.8 Å². The molecule has 186 valence electrons. The van der Waals surface area contributed by atoms with Crippen molar-refractivity contribution in [2.24, 2.45) is 5.92 Å². The van der Waals surface area contributed by atoms with Crippen molar-refractivity contribution in [2.75, 3.05) is 30.9 Å². The lowest BCUT2D eigenvalue weighted by molar-refractivity contribution is 0.0943. The number of fused-ring (bicyclic) bond motifs is 1. The number of carbonyl (C=O) groups is 1. The molecular formula is C29H39N5O. The zero-order chi connectivity index (χ0) is 24.6. The Morgan fingerprint density at radius 1 is 0.971 bits per heavy atom. The molecular weight excluding hydrogens is 434 g/mol. The molecule has 4 rings (SSSR count). The van der Waals surface area contributed by atoms with Gasteiger partial charge in [0.25, 0.3) is 5.91 Å². The normalized spacial score (nSPS) is 17.8. The van der Waals surface area contributed by atoms with E-state index >= 15 is 0 Å². The number of unbranched alkanes of at least 4 members (excludes halogenated alkanes) is 2. The Balaban J connectivity index is 1.25. The monoisotopic (exact) mass is 473 g/mol. The minimum absolute atomic E-state index is 0.0335. The van der Waals surface area contributed by atoms with Gasteiger partial charge in [0, 0.05) is 37.6 Å². The van der Waals surface area contributed by atoms with Crippen LogP contribution in [0.3, 0.4) is 0 Å². The minimum Gasteiger partial charge on any atom is -0.362 e. The maximum absolute atomic E-state index is 12.6. The van der Waals surface area contributed by atoms with Gasteiger partial charge in [-0.1, -0.05) is 44.0 Å². The van der Waals surface area contributed by atoms with Gasteiger partial charge >= 0.3 is 0 Å². The summed E-state index contributed by atoms with van der Waals surface area (Å²) < 4.78 is 0. The van der Waals surface area contributed by atoms with Gasteiger partial charge in [0.05, 0.1) is 5.52 Å². The molecule has 1 amide bonds. The van der Waals surface area contributed by atoms with Crippen molar-refractivity contribution in [2.45, 2.75) is 64.3 Å². The second-order valence-corrected chi connectivity index (χ2v) is 10.0. The van der Waals surface area contributed by atoms with Crippen molar-refractivity contribution in [3.8, 4) is 0 Å². The van der Waals surface area contributed by atoms with E-state index in [4.69, 9.17) is 9.97 Å². The molecule has 0 radical (unpaired) electrons. The molecule has 0 bridgehead atoms. The number of hydrogen-bond donors (Lipinski definition) is 2. The number of benzene rings is 2. The number of hydrogen-bond acceptors (Lipinski definition) is 5. The molecule has 1 saturated carbocycles. The van der Waals surface area contributed by atoms with Crippen LogP contribution < -0.4 is 15.5 Å². The van der Waals surface area contributed by atoms with Crippen LogP contribution in [0.25, 0.3) is 10.9 Å². The summed E-state index contributed by atoms with van der Waals surface area (Å²) in [7, 11) is 4.03. The summed E-state index contributed by atoms with van der Waals surface area (Å²) in [6.07, 6.45) is 9.07. The largest absolute Gasteiger partial charge is 0.362 e. The molecule has 1 aliphatic rings. The Kier molecular flexibility index (Phi) is 8.56. The fraction of sp³-hybridized carbons (Fsp3) is 0.483. The van der Waals surface area contributed by atoms with Crippen molar-refractivity contribution >= 4 is 28.6 Å². The maximum atomic E-state index is 12.6. The molecule has 0 aliphatic heterocycles. The van der Waals surface area contributed by atoms with Gasteiger partial charge in [0.1, 0.15) is 5.82 Å². The number of rotatable bonds is 10. The topological polar surface area (TPSA) is 70.2 Å². The van der Waals surface area contributed by atoms with Crippen LogP contribution in [0.5, 0.6) is 0 Å². The fourth-order valence-electron chi connectivity index (χ4n) is 4.90. The predicted molar refractivity (Wildman–Crippen MR) is 145 cm³/mol. The van der Waals surface area contributed by atoms with E-state index in [-0.39, 0.29) is 5.91 Å². The summed E-state index contributed by atoms with van der Waals surface area (Å²) >= 11 is 0. The Bertz CT molecular complexity index is 1100. The number of anilines is 2. The van der Waals surface area contributed by atoms with Crippen LogP contribution in [0.4, 0.5) is 11.8 Å². The van der Waals surface area contributed by atoms with Crippen molar-refractivity contribution in [3.05, 3.63) is 59.7 Å². The highest BCUT2D eigenvalue weighted by atomic mass is 16.1. The van der Waals surface area contributed by atoms with Crippen LogP contribution >= 0.6 is 0 Å². The third kappa shape index (κ3) is 6.71. The molecule has 3 aromatic rings. The standard InChI is InChI=1S/C29H39N5O/c1-4-5-6-9-21-12-16-23(17-13-21)28(35)30-20-22-14-18-24(19-15-22)31-29-32-26-11-8-7-10-25(26)27(33-29)34(2)3/h7-8,10-13,16-17,22,24H,4-6,9,14-15,18-20H2,1-3H3,(H,30,35)(H,31,32,33)/t22-,24+. The second-order valence-electron chi connectivity index (χ2n) is 10.0. The summed E-state index contributed by atoms with van der Waals surface area (Å²) in [6.45, 7) is 2.96. The zero-order valence-corrected chi connectivity index (χ0v) is 21.4. The van der Waals surface area contributed by atoms with Crippen molar-refractivity contribution in [1.29, 1.82) is 0 Å². The number of carbonyl (C=O) groups excluding carboxylic acids is 1. The lowest BCUT2D eigenvalue weighted by atomic mass is 9.86. The summed E-state index contributed by atoms with van der Waals surface area (Å²) in [6, 6.07) is 16.6. The SMILES string of the molecule is CCCCCc1ccc(C(=O)NC[C@H]2CC[C@@H](Nc3nc(N(C)C)c4ccccc4n3)CC2)cc1. The van der Waals surface area contributed by atoms with E-state index in [9.17, 15) is 4.79 Å². The van der Waals surface area contributed by atoms with Gasteiger partial charge in [-0.05, 0) is 74.3 Å². The molecule has 6 heteroatoms. The lowest BCUT2D eigenvalue weighted by Gasteiger charge is -2.29. The third-order valence-corrected chi connectivity index (χ3v) is 7.02. The first-order valence-electron chi connectivity index (χ1n) is 13.1. The van der Waals surface area contributed by atoms with E-state index in [1.807, 2.05) is 49.3 Å². The first-order valence-corrected chi connectivity index (χ1v) is 13.1. The highest BCUT2D eigenvalue weighted by Gasteiger charge is 2.23. The van der Waals surface area contributed by atoms with Gasteiger partial charge in [0.2, 0.25) is 5.95 Å². The van der Waals surface area contributed by atoms with Crippen LogP contribution in [0.15, 0.2) is 48.5 Å². The number of para-hydroxylation sites is 1. The Labute approximate surface area is 209 Å². The Morgan fingerprint density at radius 2 is 1.71 bits per heavy atom. The molecule has 0 spiro atoms. The quantitative estimate of drug-likeness (QED) is 0.363. The van der Waals surface area contributed by atoms with Crippen LogP contribution in [-0.2, 0) is 6.42 Å². The van der Waals surface area contributed by atoms with E-state index < -0.39 is 0 Å². The molecule has 1 heterocycles. The van der Waals surface area contributed by atoms with Gasteiger partial charge in [0.15, 0.2) is 0 Å². The summed E-state index contributed by atoms with van der Waals surface area (Å²) in [5, 5.41) is 7.79. The first kappa shape index (κ1) is 25.0. The highest BCUT2D eigenvalue weighted by molar-refractivity contribution is 5.94. The minimum atomic E-state index is 0.0335. The van der Waals surface area contributed by atoms with Crippen LogP contribution in [-0.4, -0.2) is 42.6 Å². The number of aromatic nitrogens is 2. The molecule has 1 aliphatic carbocycles. The first-order chi connectivity index (χ1) is 17.0. The van der Waals surface area contributed by atoms with Crippen LogP contribution in [0.1, 0.15) is 67.8 Å². The van der Waals surface area contributed by atoms with E-state index in [1.165, 1.54) is 24.8 Å². The van der Waals surface area contributed by atoms with Crippen molar-refractivity contribution in [1.82, 2.24) is 15.3 Å². The summed E-state index contributed by atoms with van der Waals surface area (Å²) in [5.74, 6) is 2.18. The van der Waals surface area contributed by atoms with Crippen molar-refractivity contribution < 1.29 is 4.79 Å². The number of aryl methyl sites for hydroxylation is 1. The Hall–Kier alpha value is -3.15. The smallest absolute Gasteiger partial charge is 0.251 e. The summed E-state index contributed by atoms with van der Waals surface area (Å²) in [4.78, 5) is 24.2. The van der Waals surface area contributed by atoms with Gasteiger partial charge < -0.3 is 15.5 Å². The number of amides is 1. The zero-order valence-electron chi connectivity index (χ0n) is 21.4. The fourth-order valence-corrected chi connectivity index (χ4v) is 4.90. The Morgan fingerprint density at radius 3 is 2.43 bits per heavy atom. The molecule has 6 nitrogen and oxygen atoms in total. The molecule has 1 fully saturated rings. The van der Waals surface area contributed by atoms with Gasteiger partial charge in [-0.2, -0.15) is 4.98 Å². The van der Waals surface area contributed by atoms with E-state index in [1.54, 1.807) is 0 Å². The van der Waals surface area contributed by atoms with Gasteiger partial charge in [-0.3, -0.25) is 4.79 Å².